The summed E-state index contributed by atoms with van der Waals surface area (Å²) in [7, 11) is 0. The minimum atomic E-state index is -0.739. The molecule has 1 atom stereocenters. The van der Waals surface area contributed by atoms with Crippen LogP contribution in [0, 0.1) is 5.82 Å². The molecule has 5 nitrogen and oxygen atoms in total. The average molecular weight is 317 g/mol. The van der Waals surface area contributed by atoms with Crippen LogP contribution in [0.2, 0.25) is 0 Å². The first-order valence-electron chi connectivity index (χ1n) is 7.25. The van der Waals surface area contributed by atoms with Gasteiger partial charge < -0.3 is 19.9 Å². The summed E-state index contributed by atoms with van der Waals surface area (Å²) in [6.45, 7) is 0.448. The number of aliphatic hydroxyl groups is 1. The molecule has 1 aliphatic rings. The number of aliphatic hydroxyl groups excluding tert-OH is 1. The second-order valence-corrected chi connectivity index (χ2v) is 5.18. The van der Waals surface area contributed by atoms with Crippen molar-refractivity contribution in [1.82, 2.24) is 5.32 Å². The van der Waals surface area contributed by atoms with Crippen molar-refractivity contribution in [1.29, 1.82) is 0 Å². The van der Waals surface area contributed by atoms with Gasteiger partial charge in [-0.1, -0.05) is 12.1 Å². The molecular formula is C17H16FNO4. The average Bonchev–Trinajstić information content (AvgIpc) is 3.02. The quantitative estimate of drug-likeness (QED) is 0.888. The number of benzene rings is 2. The van der Waals surface area contributed by atoms with Gasteiger partial charge >= 0.3 is 0 Å². The van der Waals surface area contributed by atoms with Crippen LogP contribution in [-0.4, -0.2) is 24.4 Å². The molecule has 0 radical (unpaired) electrons. The zero-order valence-electron chi connectivity index (χ0n) is 12.3. The minimum absolute atomic E-state index is 0.179. The van der Waals surface area contributed by atoms with Gasteiger partial charge in [0.15, 0.2) is 11.5 Å². The standard InChI is InChI=1S/C17H16FNO4/c18-13-3-1-2-12(8-13)17(21)19-7-6-14(20)11-4-5-15-16(9-11)23-10-22-15/h1-5,8-9,14,20H,6-7,10H2,(H,19,21). The Kier molecular flexibility index (Phi) is 4.43. The smallest absolute Gasteiger partial charge is 0.251 e. The lowest BCUT2D eigenvalue weighted by molar-refractivity contribution is 0.0942. The van der Waals surface area contributed by atoms with Gasteiger partial charge in [-0.2, -0.15) is 0 Å². The second kappa shape index (κ2) is 6.66. The molecule has 0 saturated carbocycles. The zero-order chi connectivity index (χ0) is 16.2. The molecule has 0 spiro atoms. The summed E-state index contributed by atoms with van der Waals surface area (Å²) in [4.78, 5) is 11.9. The molecule has 3 rings (SSSR count). The van der Waals surface area contributed by atoms with E-state index in [0.29, 0.717) is 23.5 Å². The summed E-state index contributed by atoms with van der Waals surface area (Å²) in [5.74, 6) is 0.422. The van der Waals surface area contributed by atoms with Gasteiger partial charge in [-0.25, -0.2) is 4.39 Å². The first kappa shape index (κ1) is 15.3. The van der Waals surface area contributed by atoms with Gasteiger partial charge in [-0.15, -0.1) is 0 Å². The van der Waals surface area contributed by atoms with Crippen molar-refractivity contribution in [2.45, 2.75) is 12.5 Å². The number of rotatable bonds is 5. The monoisotopic (exact) mass is 317 g/mol. The lowest BCUT2D eigenvalue weighted by Gasteiger charge is -2.12. The van der Waals surface area contributed by atoms with E-state index in [-0.39, 0.29) is 24.8 Å². The third kappa shape index (κ3) is 3.60. The van der Waals surface area contributed by atoms with Crippen LogP contribution in [-0.2, 0) is 0 Å². The van der Waals surface area contributed by atoms with E-state index in [4.69, 9.17) is 9.47 Å². The largest absolute Gasteiger partial charge is 0.454 e. The van der Waals surface area contributed by atoms with Crippen molar-refractivity contribution in [3.05, 3.63) is 59.4 Å². The Morgan fingerprint density at radius 1 is 1.22 bits per heavy atom. The van der Waals surface area contributed by atoms with Crippen LogP contribution in [0.25, 0.3) is 0 Å². The SMILES string of the molecule is O=C(NCCC(O)c1ccc2c(c1)OCO2)c1cccc(F)c1. The summed E-state index contributed by atoms with van der Waals surface area (Å²) in [6, 6.07) is 10.7. The van der Waals surface area contributed by atoms with E-state index in [9.17, 15) is 14.3 Å². The normalized spacial score (nSPS) is 13.7. The summed E-state index contributed by atoms with van der Waals surface area (Å²) in [5.41, 5.74) is 0.942. The molecule has 1 amide bonds. The number of carbonyl (C=O) groups excluding carboxylic acids is 1. The van der Waals surface area contributed by atoms with Gasteiger partial charge in [0.2, 0.25) is 6.79 Å². The molecule has 1 unspecified atom stereocenters. The Labute approximate surface area is 132 Å². The van der Waals surface area contributed by atoms with Gasteiger partial charge in [0.05, 0.1) is 6.10 Å². The number of hydrogen-bond donors (Lipinski definition) is 2. The topological polar surface area (TPSA) is 67.8 Å². The fourth-order valence-electron chi connectivity index (χ4n) is 2.34. The van der Waals surface area contributed by atoms with Crippen LogP contribution in [0.5, 0.6) is 11.5 Å². The maximum absolute atomic E-state index is 13.1. The van der Waals surface area contributed by atoms with E-state index in [1.807, 2.05) is 0 Å². The number of ether oxygens (including phenoxy) is 2. The van der Waals surface area contributed by atoms with E-state index >= 15 is 0 Å². The van der Waals surface area contributed by atoms with Crippen molar-refractivity contribution in [3.63, 3.8) is 0 Å². The molecule has 0 saturated heterocycles. The molecule has 1 heterocycles. The third-order valence-electron chi connectivity index (χ3n) is 3.57. The van der Waals surface area contributed by atoms with Crippen LogP contribution in [0.3, 0.4) is 0 Å². The highest BCUT2D eigenvalue weighted by Gasteiger charge is 2.16. The Morgan fingerprint density at radius 3 is 2.87 bits per heavy atom. The number of carbonyl (C=O) groups is 1. The first-order chi connectivity index (χ1) is 11.1. The highest BCUT2D eigenvalue weighted by Crippen LogP contribution is 2.34. The van der Waals surface area contributed by atoms with Crippen LogP contribution < -0.4 is 14.8 Å². The highest BCUT2D eigenvalue weighted by atomic mass is 19.1. The van der Waals surface area contributed by atoms with Gasteiger partial charge in [0.25, 0.3) is 5.91 Å². The van der Waals surface area contributed by atoms with Crippen molar-refractivity contribution in [3.8, 4) is 11.5 Å². The second-order valence-electron chi connectivity index (χ2n) is 5.18. The molecule has 2 aromatic carbocycles. The summed E-state index contributed by atoms with van der Waals surface area (Å²) < 4.78 is 23.5. The van der Waals surface area contributed by atoms with E-state index in [1.54, 1.807) is 18.2 Å². The molecule has 120 valence electrons. The molecular weight excluding hydrogens is 301 g/mol. The molecule has 6 heteroatoms. The number of amides is 1. The molecule has 2 aromatic rings. The van der Waals surface area contributed by atoms with Gasteiger partial charge in [0, 0.05) is 12.1 Å². The van der Waals surface area contributed by atoms with Crippen LogP contribution in [0.15, 0.2) is 42.5 Å². The summed E-state index contributed by atoms with van der Waals surface area (Å²) >= 11 is 0. The first-order valence-corrected chi connectivity index (χ1v) is 7.25. The van der Waals surface area contributed by atoms with Crippen molar-refractivity contribution >= 4 is 5.91 Å². The highest BCUT2D eigenvalue weighted by molar-refractivity contribution is 5.94. The predicted octanol–water partition coefficient (Wildman–Crippen LogP) is 2.41. The number of hydrogen-bond acceptors (Lipinski definition) is 4. The van der Waals surface area contributed by atoms with Gasteiger partial charge in [0.1, 0.15) is 5.82 Å². The Hall–Kier alpha value is -2.60. The van der Waals surface area contributed by atoms with Gasteiger partial charge in [-0.05, 0) is 42.3 Å². The van der Waals surface area contributed by atoms with E-state index in [0.717, 1.165) is 0 Å². The molecule has 0 aromatic heterocycles. The molecule has 0 bridgehead atoms. The maximum atomic E-state index is 13.1. The zero-order valence-corrected chi connectivity index (χ0v) is 12.3. The number of fused-ring (bicyclic) bond motifs is 1. The molecule has 0 aliphatic carbocycles. The molecule has 1 aliphatic heterocycles. The lowest BCUT2D eigenvalue weighted by atomic mass is 10.1. The number of nitrogens with one attached hydrogen (secondary N) is 1. The Balaban J connectivity index is 1.53. The maximum Gasteiger partial charge on any atom is 0.251 e. The van der Waals surface area contributed by atoms with Crippen LogP contribution in [0.4, 0.5) is 4.39 Å². The van der Waals surface area contributed by atoms with Crippen molar-refractivity contribution in [2.24, 2.45) is 0 Å². The number of halogens is 1. The minimum Gasteiger partial charge on any atom is -0.454 e. The summed E-state index contributed by atoms with van der Waals surface area (Å²) in [5, 5.41) is 12.8. The predicted molar refractivity (Wildman–Crippen MR) is 80.9 cm³/mol. The van der Waals surface area contributed by atoms with E-state index in [1.165, 1.54) is 24.3 Å². The third-order valence-corrected chi connectivity index (χ3v) is 3.57. The van der Waals surface area contributed by atoms with Crippen LogP contribution >= 0.6 is 0 Å². The van der Waals surface area contributed by atoms with E-state index < -0.39 is 11.9 Å². The fourth-order valence-corrected chi connectivity index (χ4v) is 2.34. The van der Waals surface area contributed by atoms with E-state index in [2.05, 4.69) is 5.32 Å². The van der Waals surface area contributed by atoms with Gasteiger partial charge in [-0.3, -0.25) is 4.79 Å². The fraction of sp³-hybridized carbons (Fsp3) is 0.235. The molecule has 23 heavy (non-hydrogen) atoms. The Morgan fingerprint density at radius 2 is 2.04 bits per heavy atom. The van der Waals surface area contributed by atoms with Crippen LogP contribution in [0.1, 0.15) is 28.4 Å². The summed E-state index contributed by atoms with van der Waals surface area (Å²) in [6.07, 6.45) is -0.405. The lowest BCUT2D eigenvalue weighted by Crippen LogP contribution is -2.25. The molecule has 0 fully saturated rings. The molecule has 2 N–H and O–H groups in total. The van der Waals surface area contributed by atoms with Crippen molar-refractivity contribution in [2.75, 3.05) is 13.3 Å². The van der Waals surface area contributed by atoms with Crippen molar-refractivity contribution < 1.29 is 23.8 Å². The Bertz CT molecular complexity index is 719.